The second-order valence-electron chi connectivity index (χ2n) is 6.23. The van der Waals surface area contributed by atoms with Gasteiger partial charge < -0.3 is 9.47 Å². The van der Waals surface area contributed by atoms with Gasteiger partial charge in [0.15, 0.2) is 0 Å². The molecule has 0 bridgehead atoms. The Labute approximate surface area is 116 Å². The minimum atomic E-state index is 0.601. The van der Waals surface area contributed by atoms with Gasteiger partial charge in [0.1, 0.15) is 11.6 Å². The topological polar surface area (TPSA) is 34.0 Å². The Hall–Kier alpha value is -0.900. The van der Waals surface area contributed by atoms with Crippen LogP contribution in [0.1, 0.15) is 57.2 Å². The predicted molar refractivity (Wildman–Crippen MR) is 76.2 cm³/mol. The summed E-state index contributed by atoms with van der Waals surface area (Å²) in [4.78, 5) is 2.55. The van der Waals surface area contributed by atoms with E-state index in [1.807, 2.05) is 0 Å². The Morgan fingerprint density at radius 2 is 1.95 bits per heavy atom. The molecule has 4 nitrogen and oxygen atoms in total. The third-order valence-electron chi connectivity index (χ3n) is 4.93. The zero-order chi connectivity index (χ0) is 13.2. The summed E-state index contributed by atoms with van der Waals surface area (Å²) < 4.78 is 2.43. The van der Waals surface area contributed by atoms with Crippen LogP contribution in [0.5, 0.6) is 0 Å². The fourth-order valence-electron chi connectivity index (χ4n) is 3.63. The van der Waals surface area contributed by atoms with Gasteiger partial charge in [0, 0.05) is 18.9 Å². The highest BCUT2D eigenvalue weighted by Gasteiger charge is 2.25. The molecule has 1 saturated heterocycles. The second kappa shape index (κ2) is 5.61. The van der Waals surface area contributed by atoms with Crippen LogP contribution in [0, 0.1) is 5.92 Å². The van der Waals surface area contributed by atoms with Crippen LogP contribution in [-0.4, -0.2) is 39.3 Å². The Balaban J connectivity index is 1.66. The van der Waals surface area contributed by atoms with Crippen molar-refractivity contribution in [2.24, 2.45) is 5.92 Å². The maximum absolute atomic E-state index is 4.48. The van der Waals surface area contributed by atoms with E-state index in [0.29, 0.717) is 6.04 Å². The number of fused-ring (bicyclic) bond motifs is 1. The fraction of sp³-hybridized carbons (Fsp3) is 0.867. The zero-order valence-electron chi connectivity index (χ0n) is 12.3. The van der Waals surface area contributed by atoms with Crippen molar-refractivity contribution < 1.29 is 0 Å². The average molecular weight is 262 g/mol. The van der Waals surface area contributed by atoms with Crippen LogP contribution in [0.4, 0.5) is 0 Å². The summed E-state index contributed by atoms with van der Waals surface area (Å²) >= 11 is 0. The maximum Gasteiger partial charge on any atom is 0.133 e. The molecule has 2 aliphatic rings. The van der Waals surface area contributed by atoms with Gasteiger partial charge in [-0.05, 0) is 58.2 Å². The minimum Gasteiger partial charge on any atom is -0.312 e. The first kappa shape index (κ1) is 13.1. The summed E-state index contributed by atoms with van der Waals surface area (Å²) in [5, 5.41) is 8.89. The van der Waals surface area contributed by atoms with Crippen molar-refractivity contribution >= 4 is 0 Å². The minimum absolute atomic E-state index is 0.601. The van der Waals surface area contributed by atoms with Crippen molar-refractivity contribution in [3.63, 3.8) is 0 Å². The van der Waals surface area contributed by atoms with E-state index in [4.69, 9.17) is 0 Å². The van der Waals surface area contributed by atoms with Gasteiger partial charge in [0.25, 0.3) is 0 Å². The van der Waals surface area contributed by atoms with E-state index in [1.165, 1.54) is 57.0 Å². The smallest absolute Gasteiger partial charge is 0.133 e. The van der Waals surface area contributed by atoms with Crippen LogP contribution in [0.15, 0.2) is 0 Å². The molecule has 0 N–H and O–H groups in total. The van der Waals surface area contributed by atoms with Crippen LogP contribution in [0.25, 0.3) is 0 Å². The molecule has 3 rings (SSSR count). The Morgan fingerprint density at radius 1 is 1.16 bits per heavy atom. The molecule has 4 heteroatoms. The second-order valence-corrected chi connectivity index (χ2v) is 6.23. The maximum atomic E-state index is 4.48. The van der Waals surface area contributed by atoms with Gasteiger partial charge in [-0.3, -0.25) is 0 Å². The van der Waals surface area contributed by atoms with Gasteiger partial charge in [-0.2, -0.15) is 0 Å². The third kappa shape index (κ3) is 2.69. The van der Waals surface area contributed by atoms with Crippen LogP contribution < -0.4 is 0 Å². The fourth-order valence-corrected chi connectivity index (χ4v) is 3.63. The molecule has 0 amide bonds. The number of piperidine rings is 1. The molecule has 0 spiro atoms. The van der Waals surface area contributed by atoms with Gasteiger partial charge >= 0.3 is 0 Å². The van der Waals surface area contributed by atoms with Crippen molar-refractivity contribution in [2.75, 3.05) is 19.6 Å². The summed E-state index contributed by atoms with van der Waals surface area (Å²) in [6.07, 6.45) is 7.45. The molecule has 1 aromatic heterocycles. The van der Waals surface area contributed by atoms with E-state index in [9.17, 15) is 0 Å². The summed E-state index contributed by atoms with van der Waals surface area (Å²) in [5.41, 5.74) is 0. The van der Waals surface area contributed by atoms with Gasteiger partial charge in [0.2, 0.25) is 0 Å². The summed E-state index contributed by atoms with van der Waals surface area (Å²) in [6.45, 7) is 8.30. The van der Waals surface area contributed by atoms with E-state index in [-0.39, 0.29) is 0 Å². The third-order valence-corrected chi connectivity index (χ3v) is 4.93. The lowest BCUT2D eigenvalue weighted by Crippen LogP contribution is -2.34. The normalized spacial score (nSPS) is 25.5. The van der Waals surface area contributed by atoms with Crippen LogP contribution in [-0.2, 0) is 12.8 Å². The molecule has 0 radical (unpaired) electrons. The lowest BCUT2D eigenvalue weighted by molar-refractivity contribution is 0.189. The Kier molecular flexibility index (Phi) is 3.87. The molecular formula is C15H26N4. The predicted octanol–water partition coefficient (Wildman–Crippen LogP) is 2.45. The highest BCUT2D eigenvalue weighted by molar-refractivity contribution is 5.03. The van der Waals surface area contributed by atoms with Gasteiger partial charge in [-0.1, -0.05) is 6.92 Å². The van der Waals surface area contributed by atoms with E-state index in [1.54, 1.807) is 0 Å². The van der Waals surface area contributed by atoms with E-state index in [0.717, 1.165) is 18.8 Å². The number of likely N-dealkylation sites (tertiary alicyclic amines) is 1. The Morgan fingerprint density at radius 3 is 2.68 bits per heavy atom. The first-order chi connectivity index (χ1) is 9.28. The largest absolute Gasteiger partial charge is 0.312 e. The first-order valence-corrected chi connectivity index (χ1v) is 7.93. The molecule has 3 heterocycles. The lowest BCUT2D eigenvalue weighted by atomic mass is 9.93. The first-order valence-electron chi connectivity index (χ1n) is 7.93. The van der Waals surface area contributed by atoms with E-state index in [2.05, 4.69) is 33.5 Å². The highest BCUT2D eigenvalue weighted by Crippen LogP contribution is 2.27. The molecular weight excluding hydrogens is 236 g/mol. The van der Waals surface area contributed by atoms with Crippen molar-refractivity contribution in [1.29, 1.82) is 0 Å². The van der Waals surface area contributed by atoms with Gasteiger partial charge in [-0.15, -0.1) is 10.2 Å². The molecule has 2 aliphatic heterocycles. The highest BCUT2D eigenvalue weighted by atomic mass is 15.3. The van der Waals surface area contributed by atoms with Crippen molar-refractivity contribution in [3.05, 3.63) is 11.6 Å². The number of aryl methyl sites for hydroxylation is 1. The van der Waals surface area contributed by atoms with E-state index >= 15 is 0 Å². The van der Waals surface area contributed by atoms with Crippen molar-refractivity contribution in [1.82, 2.24) is 19.7 Å². The van der Waals surface area contributed by atoms with Crippen molar-refractivity contribution in [2.45, 2.75) is 58.4 Å². The summed E-state index contributed by atoms with van der Waals surface area (Å²) in [5.74, 6) is 3.28. The SMILES string of the molecule is CCN1CCC(Cc2nnc3n2C(C)CCC3)CC1. The molecule has 106 valence electrons. The number of rotatable bonds is 3. The monoisotopic (exact) mass is 262 g/mol. The van der Waals surface area contributed by atoms with Gasteiger partial charge in [-0.25, -0.2) is 0 Å². The number of hydrogen-bond donors (Lipinski definition) is 0. The van der Waals surface area contributed by atoms with Crippen LogP contribution in [0.2, 0.25) is 0 Å². The number of aromatic nitrogens is 3. The molecule has 1 aromatic rings. The number of hydrogen-bond acceptors (Lipinski definition) is 3. The summed E-state index contributed by atoms with van der Waals surface area (Å²) in [7, 11) is 0. The van der Waals surface area contributed by atoms with Crippen LogP contribution >= 0.6 is 0 Å². The lowest BCUT2D eigenvalue weighted by Gasteiger charge is -2.31. The standard InChI is InChI=1S/C15H26N4/c1-3-18-9-7-13(8-10-18)11-15-17-16-14-6-4-5-12(2)19(14)15/h12-13H,3-11H2,1-2H3. The van der Waals surface area contributed by atoms with Crippen molar-refractivity contribution in [3.8, 4) is 0 Å². The van der Waals surface area contributed by atoms with Crippen LogP contribution in [0.3, 0.4) is 0 Å². The molecule has 1 fully saturated rings. The summed E-state index contributed by atoms with van der Waals surface area (Å²) in [6, 6.07) is 0.601. The molecule has 19 heavy (non-hydrogen) atoms. The Bertz CT molecular complexity index is 418. The zero-order valence-corrected chi connectivity index (χ0v) is 12.3. The molecule has 1 unspecified atom stereocenters. The van der Waals surface area contributed by atoms with Gasteiger partial charge in [0.05, 0.1) is 0 Å². The number of nitrogens with zero attached hydrogens (tertiary/aromatic N) is 4. The molecule has 0 aromatic carbocycles. The molecule has 0 aliphatic carbocycles. The van der Waals surface area contributed by atoms with E-state index < -0.39 is 0 Å². The molecule has 0 saturated carbocycles. The average Bonchev–Trinajstić information content (AvgIpc) is 2.84. The quantitative estimate of drug-likeness (QED) is 0.839. The molecule has 1 atom stereocenters.